The molecular weight excluding hydrogens is 454 g/mol. The number of anilines is 2. The van der Waals surface area contributed by atoms with Crippen LogP contribution in [0.4, 0.5) is 11.8 Å². The molecule has 2 heterocycles. The monoisotopic (exact) mass is 489 g/mol. The van der Waals surface area contributed by atoms with Crippen molar-refractivity contribution in [2.24, 2.45) is 11.8 Å². The van der Waals surface area contributed by atoms with Crippen LogP contribution in [0.2, 0.25) is 0 Å². The Morgan fingerprint density at radius 3 is 2.80 bits per heavy atom. The van der Waals surface area contributed by atoms with Crippen LogP contribution in [0, 0.1) is 25.7 Å². The minimum Gasteiger partial charge on any atom is -0.396 e. The average molecular weight is 490 g/mol. The van der Waals surface area contributed by atoms with Crippen LogP contribution in [-0.4, -0.2) is 32.2 Å². The number of hydrogen-bond acceptors (Lipinski definition) is 7. The van der Waals surface area contributed by atoms with E-state index in [2.05, 4.69) is 67.8 Å². The highest BCUT2D eigenvalue weighted by Crippen LogP contribution is 2.44. The molecule has 0 bridgehead atoms. The third-order valence-corrected chi connectivity index (χ3v) is 8.85. The molecule has 0 radical (unpaired) electrons. The summed E-state index contributed by atoms with van der Waals surface area (Å²) in [6.45, 7) is 9.53. The average Bonchev–Trinajstić information content (AvgIpc) is 3.38. The molecule has 6 nitrogen and oxygen atoms in total. The molecule has 3 aromatic rings. The first-order valence-corrected chi connectivity index (χ1v) is 13.4. The molecule has 184 valence electrons. The summed E-state index contributed by atoms with van der Waals surface area (Å²) in [6, 6.07) is 8.47. The molecule has 5 rings (SSSR count). The smallest absolute Gasteiger partial charge is 0.225 e. The lowest BCUT2D eigenvalue weighted by atomic mass is 9.86. The lowest BCUT2D eigenvalue weighted by molar-refractivity contribution is 0.187. The zero-order valence-electron chi connectivity index (χ0n) is 21.1. The standard InChI is InChI=1S/C28H35N5OS/c1-17-8-7-9-20(14-17)15-29-27-30-19(3)24(26-31-22-10-5-6-11-23(22)35-26)25(32-27)33-28(4)13-12-21(16-34)18(28)2/h6-9,11,14,18,21,34H,5,10,12-13,15-16H2,1-4H3,(H2,29,30,32,33). The van der Waals surface area contributed by atoms with Gasteiger partial charge in [-0.2, -0.15) is 4.98 Å². The molecule has 3 N–H and O–H groups in total. The highest BCUT2D eigenvalue weighted by molar-refractivity contribution is 7.16. The highest BCUT2D eigenvalue weighted by atomic mass is 32.1. The molecule has 3 unspecified atom stereocenters. The first-order valence-electron chi connectivity index (χ1n) is 12.6. The van der Waals surface area contributed by atoms with Crippen molar-refractivity contribution in [2.75, 3.05) is 17.2 Å². The fourth-order valence-corrected chi connectivity index (χ4v) is 6.51. The fourth-order valence-electron chi connectivity index (χ4n) is 5.37. The van der Waals surface area contributed by atoms with Gasteiger partial charge in [0.2, 0.25) is 5.95 Å². The molecule has 0 saturated heterocycles. The van der Waals surface area contributed by atoms with E-state index in [0.29, 0.717) is 24.3 Å². The second-order valence-electron chi connectivity index (χ2n) is 10.3. The number of allylic oxidation sites excluding steroid dienone is 1. The van der Waals surface area contributed by atoms with Gasteiger partial charge in [-0.15, -0.1) is 11.3 Å². The quantitative estimate of drug-likeness (QED) is 0.378. The number of rotatable bonds is 7. The third kappa shape index (κ3) is 4.84. The number of aliphatic hydroxyl groups is 1. The zero-order chi connectivity index (χ0) is 24.6. The summed E-state index contributed by atoms with van der Waals surface area (Å²) in [5, 5.41) is 18.1. The first kappa shape index (κ1) is 23.9. The molecule has 2 aliphatic rings. The molecule has 0 aliphatic heterocycles. The Morgan fingerprint density at radius 1 is 1.20 bits per heavy atom. The number of nitrogens with zero attached hydrogens (tertiary/aromatic N) is 3. The minimum absolute atomic E-state index is 0.159. The number of fused-ring (bicyclic) bond motifs is 1. The van der Waals surface area contributed by atoms with E-state index in [1.165, 1.54) is 21.7 Å². The van der Waals surface area contributed by atoms with E-state index in [-0.39, 0.29) is 12.1 Å². The zero-order valence-corrected chi connectivity index (χ0v) is 21.9. The molecule has 35 heavy (non-hydrogen) atoms. The SMILES string of the molecule is Cc1cccc(CNc2nc(C)c(-c3nc4c(s3)C=CCC4)c(NC3(C)CCC(CO)C3C)n2)c1. The van der Waals surface area contributed by atoms with Crippen molar-refractivity contribution < 1.29 is 5.11 Å². The fraction of sp³-hybridized carbons (Fsp3) is 0.464. The Labute approximate surface area is 212 Å². The van der Waals surface area contributed by atoms with Crippen LogP contribution in [0.5, 0.6) is 0 Å². The van der Waals surface area contributed by atoms with Gasteiger partial charge in [0.25, 0.3) is 0 Å². The van der Waals surface area contributed by atoms with Crippen LogP contribution in [0.15, 0.2) is 30.3 Å². The molecule has 2 aromatic heterocycles. The molecule has 7 heteroatoms. The second-order valence-corrected chi connectivity index (χ2v) is 11.3. The van der Waals surface area contributed by atoms with E-state index in [4.69, 9.17) is 15.0 Å². The first-order chi connectivity index (χ1) is 16.9. The maximum absolute atomic E-state index is 9.87. The summed E-state index contributed by atoms with van der Waals surface area (Å²) in [5.74, 6) is 2.07. The Hall–Kier alpha value is -2.77. The van der Waals surface area contributed by atoms with E-state index < -0.39 is 0 Å². The van der Waals surface area contributed by atoms with Gasteiger partial charge < -0.3 is 15.7 Å². The van der Waals surface area contributed by atoms with Gasteiger partial charge >= 0.3 is 0 Å². The van der Waals surface area contributed by atoms with E-state index in [0.717, 1.165) is 47.8 Å². The molecule has 1 fully saturated rings. The second kappa shape index (κ2) is 9.70. The van der Waals surface area contributed by atoms with Crippen LogP contribution in [0.3, 0.4) is 0 Å². The number of aryl methyl sites for hydroxylation is 3. The third-order valence-electron chi connectivity index (χ3n) is 7.77. The van der Waals surface area contributed by atoms with Crippen LogP contribution in [0.25, 0.3) is 16.6 Å². The Kier molecular flexibility index (Phi) is 6.64. The van der Waals surface area contributed by atoms with Crippen LogP contribution in [-0.2, 0) is 13.0 Å². The Balaban J connectivity index is 1.51. The van der Waals surface area contributed by atoms with Gasteiger partial charge in [0.05, 0.1) is 21.8 Å². The van der Waals surface area contributed by atoms with Gasteiger partial charge in [-0.25, -0.2) is 9.97 Å². The normalized spacial score (nSPS) is 23.3. The van der Waals surface area contributed by atoms with E-state index in [1.807, 2.05) is 6.92 Å². The predicted octanol–water partition coefficient (Wildman–Crippen LogP) is 6.00. The summed E-state index contributed by atoms with van der Waals surface area (Å²) in [7, 11) is 0. The Morgan fingerprint density at radius 2 is 2.06 bits per heavy atom. The lowest BCUT2D eigenvalue weighted by Gasteiger charge is -2.34. The summed E-state index contributed by atoms with van der Waals surface area (Å²) in [6.07, 6.45) is 8.43. The van der Waals surface area contributed by atoms with Crippen molar-refractivity contribution in [2.45, 2.75) is 65.5 Å². The van der Waals surface area contributed by atoms with Crippen molar-refractivity contribution in [3.05, 3.63) is 57.7 Å². The molecule has 1 aromatic carbocycles. The minimum atomic E-state index is -0.159. The van der Waals surface area contributed by atoms with Crippen molar-refractivity contribution in [1.82, 2.24) is 15.0 Å². The molecule has 0 spiro atoms. The van der Waals surface area contributed by atoms with Gasteiger partial charge in [-0.3, -0.25) is 0 Å². The summed E-state index contributed by atoms with van der Waals surface area (Å²) >= 11 is 1.72. The molecule has 0 amide bonds. The number of hydrogen-bond donors (Lipinski definition) is 3. The summed E-state index contributed by atoms with van der Waals surface area (Å²) in [4.78, 5) is 16.1. The lowest BCUT2D eigenvalue weighted by Crippen LogP contribution is -2.40. The van der Waals surface area contributed by atoms with Crippen molar-refractivity contribution >= 4 is 29.2 Å². The predicted molar refractivity (Wildman–Crippen MR) is 145 cm³/mol. The molecule has 2 aliphatic carbocycles. The Bertz CT molecular complexity index is 1250. The van der Waals surface area contributed by atoms with Crippen LogP contribution < -0.4 is 10.6 Å². The van der Waals surface area contributed by atoms with Crippen molar-refractivity contribution in [1.29, 1.82) is 0 Å². The van der Waals surface area contributed by atoms with Crippen molar-refractivity contribution in [3.8, 4) is 10.6 Å². The maximum atomic E-state index is 9.87. The largest absolute Gasteiger partial charge is 0.396 e. The van der Waals surface area contributed by atoms with Gasteiger partial charge in [0.15, 0.2) is 0 Å². The van der Waals surface area contributed by atoms with Crippen molar-refractivity contribution in [3.63, 3.8) is 0 Å². The number of nitrogens with one attached hydrogen (secondary N) is 2. The molecule has 1 saturated carbocycles. The van der Waals surface area contributed by atoms with Gasteiger partial charge in [0.1, 0.15) is 10.8 Å². The van der Waals surface area contributed by atoms with Gasteiger partial charge in [0, 0.05) is 18.7 Å². The summed E-state index contributed by atoms with van der Waals surface area (Å²) in [5.41, 5.74) is 5.35. The summed E-state index contributed by atoms with van der Waals surface area (Å²) < 4.78 is 0. The number of aliphatic hydroxyl groups excluding tert-OH is 1. The molecule has 3 atom stereocenters. The topological polar surface area (TPSA) is 83.0 Å². The number of aromatic nitrogens is 3. The molecular formula is C28H35N5OS. The van der Waals surface area contributed by atoms with Crippen LogP contribution in [0.1, 0.15) is 60.5 Å². The van der Waals surface area contributed by atoms with Gasteiger partial charge in [-0.05, 0) is 69.9 Å². The van der Waals surface area contributed by atoms with E-state index in [9.17, 15) is 5.11 Å². The number of benzene rings is 1. The van der Waals surface area contributed by atoms with E-state index in [1.54, 1.807) is 11.3 Å². The van der Waals surface area contributed by atoms with Crippen LogP contribution >= 0.6 is 11.3 Å². The maximum Gasteiger partial charge on any atom is 0.225 e. The van der Waals surface area contributed by atoms with Gasteiger partial charge in [-0.1, -0.05) is 42.8 Å². The van der Waals surface area contributed by atoms with E-state index >= 15 is 0 Å². The number of thiazole rings is 1. The highest BCUT2D eigenvalue weighted by Gasteiger charge is 2.43.